The number of alkyl halides is 1. The molecule has 3 atom stereocenters. The van der Waals surface area contributed by atoms with Crippen LogP contribution in [0.5, 0.6) is 0 Å². The largest absolute Gasteiger partial charge is 0.322 e. The van der Waals surface area contributed by atoms with Crippen molar-refractivity contribution in [1.29, 1.82) is 0 Å². The van der Waals surface area contributed by atoms with Crippen molar-refractivity contribution < 1.29 is 18.0 Å². The number of likely N-dealkylation sites (tertiary alicyclic amines) is 1. The molecule has 2 aromatic carbocycles. The van der Waals surface area contributed by atoms with E-state index in [0.29, 0.717) is 31.4 Å². The van der Waals surface area contributed by atoms with Gasteiger partial charge < -0.3 is 14.7 Å². The summed E-state index contributed by atoms with van der Waals surface area (Å²) in [5.74, 6) is -1.12. The molecule has 3 aromatic rings. The first-order chi connectivity index (χ1) is 18.3. The number of aromatic nitrogens is 2. The van der Waals surface area contributed by atoms with Crippen LogP contribution >= 0.6 is 0 Å². The minimum absolute atomic E-state index is 0.0605. The minimum Gasteiger partial charge on any atom is -0.322 e. The smallest absolute Gasteiger partial charge is 0.321 e. The van der Waals surface area contributed by atoms with E-state index in [1.54, 1.807) is 18.1 Å². The van der Waals surface area contributed by atoms with E-state index in [-0.39, 0.29) is 24.7 Å². The normalized spacial score (nSPS) is 23.9. The van der Waals surface area contributed by atoms with E-state index in [1.807, 2.05) is 54.4 Å². The second kappa shape index (κ2) is 10.6. The summed E-state index contributed by atoms with van der Waals surface area (Å²) >= 11 is 0. The Morgan fingerprint density at radius 3 is 2.68 bits per heavy atom. The number of hydrogen-bond acceptors (Lipinski definition) is 3. The van der Waals surface area contributed by atoms with Crippen molar-refractivity contribution >= 4 is 11.6 Å². The van der Waals surface area contributed by atoms with E-state index in [9.17, 15) is 13.6 Å². The third kappa shape index (κ3) is 4.95. The maximum atomic E-state index is 15.1. The molecule has 0 aliphatic carbocycles. The fourth-order valence-electron chi connectivity index (χ4n) is 5.75. The molecule has 38 heavy (non-hydrogen) atoms. The van der Waals surface area contributed by atoms with Crippen molar-refractivity contribution in [3.05, 3.63) is 95.3 Å². The van der Waals surface area contributed by atoms with Crippen LogP contribution in [0, 0.1) is 11.6 Å². The SMILES string of the molecule is CN1CCC(N(C)C(=O)N2CC(c3cc(F)ccc3F)=C[C@@]2(CCc2ccn[nH]2)c2ccccc2)C(F)C1. The number of urea groups is 1. The van der Waals surface area contributed by atoms with Gasteiger partial charge in [-0.25, -0.2) is 18.0 Å². The van der Waals surface area contributed by atoms with Crippen LogP contribution in [0.1, 0.15) is 29.7 Å². The maximum absolute atomic E-state index is 15.1. The second-order valence-corrected chi connectivity index (χ2v) is 10.3. The summed E-state index contributed by atoms with van der Waals surface area (Å²) in [6.07, 6.45) is 3.89. The number of rotatable bonds is 6. The van der Waals surface area contributed by atoms with E-state index in [2.05, 4.69) is 10.2 Å². The van der Waals surface area contributed by atoms with Gasteiger partial charge in [0.25, 0.3) is 0 Å². The summed E-state index contributed by atoms with van der Waals surface area (Å²) in [6.45, 7) is 0.999. The van der Waals surface area contributed by atoms with E-state index in [4.69, 9.17) is 0 Å². The van der Waals surface area contributed by atoms with Gasteiger partial charge in [-0.2, -0.15) is 5.10 Å². The predicted octanol–water partition coefficient (Wildman–Crippen LogP) is 5.01. The van der Waals surface area contributed by atoms with Gasteiger partial charge in [-0.05, 0) is 67.8 Å². The first kappa shape index (κ1) is 26.0. The van der Waals surface area contributed by atoms with Crippen LogP contribution in [-0.4, -0.2) is 76.9 Å². The predicted molar refractivity (Wildman–Crippen MR) is 140 cm³/mol. The number of halogens is 3. The Morgan fingerprint density at radius 1 is 1.18 bits per heavy atom. The topological polar surface area (TPSA) is 55.5 Å². The minimum atomic E-state index is -1.19. The lowest BCUT2D eigenvalue weighted by molar-refractivity contribution is 0.0509. The Bertz CT molecular complexity index is 1300. The molecule has 2 aliphatic heterocycles. The third-order valence-corrected chi connectivity index (χ3v) is 7.85. The molecule has 0 bridgehead atoms. The highest BCUT2D eigenvalue weighted by atomic mass is 19.1. The van der Waals surface area contributed by atoms with Crippen LogP contribution in [0.15, 0.2) is 66.9 Å². The molecule has 5 rings (SSSR count). The molecule has 1 fully saturated rings. The van der Waals surface area contributed by atoms with E-state index >= 15 is 4.39 Å². The summed E-state index contributed by atoms with van der Waals surface area (Å²) in [4.78, 5) is 19.3. The van der Waals surface area contributed by atoms with Gasteiger partial charge in [0.05, 0.1) is 11.6 Å². The lowest BCUT2D eigenvalue weighted by Gasteiger charge is -2.44. The number of aromatic amines is 1. The molecule has 9 heteroatoms. The molecule has 2 unspecified atom stereocenters. The van der Waals surface area contributed by atoms with Crippen molar-refractivity contribution in [2.24, 2.45) is 0 Å². The van der Waals surface area contributed by atoms with Crippen LogP contribution in [0.3, 0.4) is 0 Å². The molecular formula is C29H32F3N5O. The molecule has 1 N–H and O–H groups in total. The lowest BCUT2D eigenvalue weighted by Crippen LogP contribution is -2.57. The molecule has 200 valence electrons. The Morgan fingerprint density at radius 2 is 1.97 bits per heavy atom. The van der Waals surface area contributed by atoms with Crippen LogP contribution in [0.2, 0.25) is 0 Å². The van der Waals surface area contributed by atoms with Crippen LogP contribution in [0.25, 0.3) is 5.57 Å². The molecule has 6 nitrogen and oxygen atoms in total. The summed E-state index contributed by atoms with van der Waals surface area (Å²) in [6, 6.07) is 13.8. The van der Waals surface area contributed by atoms with Gasteiger partial charge in [-0.15, -0.1) is 0 Å². The van der Waals surface area contributed by atoms with Gasteiger partial charge >= 0.3 is 6.03 Å². The van der Waals surface area contributed by atoms with Crippen molar-refractivity contribution in [2.45, 2.75) is 37.0 Å². The summed E-state index contributed by atoms with van der Waals surface area (Å²) < 4.78 is 44.3. The van der Waals surface area contributed by atoms with Crippen LogP contribution < -0.4 is 0 Å². The Hall–Kier alpha value is -3.59. The van der Waals surface area contributed by atoms with Gasteiger partial charge in [0.15, 0.2) is 0 Å². The monoisotopic (exact) mass is 523 g/mol. The van der Waals surface area contributed by atoms with Gasteiger partial charge in [-0.3, -0.25) is 5.10 Å². The van der Waals surface area contributed by atoms with E-state index in [0.717, 1.165) is 29.5 Å². The van der Waals surface area contributed by atoms with Crippen molar-refractivity contribution in [3.8, 4) is 0 Å². The average molecular weight is 524 g/mol. The number of aryl methyl sites for hydroxylation is 1. The number of hydrogen-bond donors (Lipinski definition) is 1. The summed E-state index contributed by atoms with van der Waals surface area (Å²) in [5.41, 5.74) is 1.39. The number of nitrogens with zero attached hydrogens (tertiary/aromatic N) is 4. The highest BCUT2D eigenvalue weighted by molar-refractivity contribution is 5.83. The number of carbonyl (C=O) groups is 1. The molecule has 2 aliphatic rings. The number of amides is 2. The van der Waals surface area contributed by atoms with E-state index < -0.39 is 29.4 Å². The first-order valence-corrected chi connectivity index (χ1v) is 12.9. The Kier molecular flexibility index (Phi) is 7.29. The Labute approximate surface area is 220 Å². The van der Waals surface area contributed by atoms with Gasteiger partial charge in [0.1, 0.15) is 17.8 Å². The molecule has 0 saturated carbocycles. The number of piperidine rings is 1. The molecule has 1 aromatic heterocycles. The number of benzene rings is 2. The quantitative estimate of drug-likeness (QED) is 0.494. The van der Waals surface area contributed by atoms with Gasteiger partial charge in [-0.1, -0.05) is 30.3 Å². The van der Waals surface area contributed by atoms with Crippen molar-refractivity contribution in [2.75, 3.05) is 33.7 Å². The number of carbonyl (C=O) groups excluding carboxylic acids is 1. The zero-order valence-electron chi connectivity index (χ0n) is 21.6. The summed E-state index contributed by atoms with van der Waals surface area (Å²) in [7, 11) is 3.50. The van der Waals surface area contributed by atoms with E-state index in [1.165, 1.54) is 4.90 Å². The van der Waals surface area contributed by atoms with Crippen molar-refractivity contribution in [3.63, 3.8) is 0 Å². The second-order valence-electron chi connectivity index (χ2n) is 10.3. The average Bonchev–Trinajstić information content (AvgIpc) is 3.57. The highest BCUT2D eigenvalue weighted by Gasteiger charge is 2.47. The fraction of sp³-hybridized carbons (Fsp3) is 0.379. The molecule has 0 spiro atoms. The number of H-pyrrole nitrogens is 1. The zero-order valence-corrected chi connectivity index (χ0v) is 21.6. The van der Waals surface area contributed by atoms with Crippen LogP contribution in [-0.2, 0) is 12.0 Å². The zero-order chi connectivity index (χ0) is 26.9. The first-order valence-electron chi connectivity index (χ1n) is 12.9. The standard InChI is InChI=1S/C29H32F3N5O/c1-35-15-12-27(26(32)19-35)36(2)28(38)37-18-20(24-16-22(30)8-9-25(24)31)17-29(37,21-6-4-3-5-7-21)13-10-23-11-14-33-34-23/h3-9,11,14,16-17,26-27H,10,12-13,15,18-19H2,1-2H3,(H,33,34)/t26?,27?,29-/m0/s1. The lowest BCUT2D eigenvalue weighted by atomic mass is 9.83. The Balaban J connectivity index is 1.59. The van der Waals surface area contributed by atoms with Crippen molar-refractivity contribution in [1.82, 2.24) is 24.9 Å². The molecule has 2 amide bonds. The van der Waals surface area contributed by atoms with Gasteiger partial charge in [0, 0.05) is 44.1 Å². The van der Waals surface area contributed by atoms with Crippen LogP contribution in [0.4, 0.5) is 18.0 Å². The fourth-order valence-corrected chi connectivity index (χ4v) is 5.75. The molecular weight excluding hydrogens is 491 g/mol. The maximum Gasteiger partial charge on any atom is 0.321 e. The molecule has 1 saturated heterocycles. The highest BCUT2D eigenvalue weighted by Crippen LogP contribution is 2.44. The third-order valence-electron chi connectivity index (χ3n) is 7.85. The molecule has 3 heterocycles. The summed E-state index contributed by atoms with van der Waals surface area (Å²) in [5, 5.41) is 7.01. The molecule has 0 radical (unpaired) electrons. The van der Waals surface area contributed by atoms with Gasteiger partial charge in [0.2, 0.25) is 0 Å². The number of nitrogens with one attached hydrogen (secondary N) is 1.